The van der Waals surface area contributed by atoms with E-state index < -0.39 is 0 Å². The summed E-state index contributed by atoms with van der Waals surface area (Å²) in [6.07, 6.45) is 5.76. The molecular weight excluding hydrogens is 166 g/mol. The Morgan fingerprint density at radius 3 is 3.15 bits per heavy atom. The van der Waals surface area contributed by atoms with Crippen LogP contribution in [0.15, 0.2) is 12.4 Å². The number of nitrogens with zero attached hydrogens (tertiary/aromatic N) is 2. The average molecular weight is 181 g/mol. The number of hydrogen-bond acceptors (Lipinski definition) is 3. The summed E-state index contributed by atoms with van der Waals surface area (Å²) in [6.45, 7) is 0.797. The van der Waals surface area contributed by atoms with Crippen LogP contribution in [0.3, 0.4) is 0 Å². The van der Waals surface area contributed by atoms with E-state index in [0.717, 1.165) is 25.3 Å². The number of nitrogens with two attached hydrogens (primary N) is 1. The van der Waals surface area contributed by atoms with Crippen molar-refractivity contribution >= 4 is 0 Å². The fourth-order valence-electron chi connectivity index (χ4n) is 1.72. The normalized spacial score (nSPS) is 29.1. The van der Waals surface area contributed by atoms with Crippen molar-refractivity contribution in [3.8, 4) is 0 Å². The van der Waals surface area contributed by atoms with E-state index in [1.54, 1.807) is 6.20 Å². The Bertz CT molecular complexity index is 284. The molecule has 4 nitrogen and oxygen atoms in total. The van der Waals surface area contributed by atoms with Gasteiger partial charge in [0.1, 0.15) is 11.9 Å². The van der Waals surface area contributed by atoms with E-state index in [0.29, 0.717) is 0 Å². The third-order valence-corrected chi connectivity index (χ3v) is 2.48. The van der Waals surface area contributed by atoms with Gasteiger partial charge >= 0.3 is 0 Å². The van der Waals surface area contributed by atoms with E-state index >= 15 is 0 Å². The molecule has 0 amide bonds. The second-order valence-corrected chi connectivity index (χ2v) is 3.49. The quantitative estimate of drug-likeness (QED) is 0.690. The van der Waals surface area contributed by atoms with Crippen molar-refractivity contribution in [3.05, 3.63) is 18.2 Å². The van der Waals surface area contributed by atoms with Crippen molar-refractivity contribution in [2.45, 2.75) is 25.0 Å². The monoisotopic (exact) mass is 181 g/mol. The van der Waals surface area contributed by atoms with E-state index in [9.17, 15) is 0 Å². The molecule has 2 N–H and O–H groups in total. The highest BCUT2D eigenvalue weighted by atomic mass is 16.5. The lowest BCUT2D eigenvalue weighted by atomic mass is 10.0. The van der Waals surface area contributed by atoms with E-state index in [2.05, 4.69) is 4.98 Å². The molecule has 1 fully saturated rings. The minimum Gasteiger partial charge on any atom is -0.369 e. The summed E-state index contributed by atoms with van der Waals surface area (Å²) in [5.41, 5.74) is 5.96. The first-order chi connectivity index (χ1) is 6.29. The zero-order valence-electron chi connectivity index (χ0n) is 7.81. The van der Waals surface area contributed by atoms with Crippen molar-refractivity contribution in [2.24, 2.45) is 12.8 Å². The van der Waals surface area contributed by atoms with Gasteiger partial charge in [-0.15, -0.1) is 0 Å². The van der Waals surface area contributed by atoms with Gasteiger partial charge in [0.15, 0.2) is 0 Å². The highest BCUT2D eigenvalue weighted by molar-refractivity contribution is 5.00. The highest BCUT2D eigenvalue weighted by Gasteiger charge is 2.26. The molecule has 1 aliphatic rings. The summed E-state index contributed by atoms with van der Waals surface area (Å²) >= 11 is 0. The molecule has 0 aliphatic carbocycles. The first-order valence-electron chi connectivity index (χ1n) is 4.63. The van der Waals surface area contributed by atoms with Crippen LogP contribution in [0, 0.1) is 0 Å². The van der Waals surface area contributed by atoms with E-state index in [4.69, 9.17) is 10.5 Å². The summed E-state index contributed by atoms with van der Waals surface area (Å²) in [6, 6.07) is 0.0925. The van der Waals surface area contributed by atoms with Crippen LogP contribution >= 0.6 is 0 Å². The van der Waals surface area contributed by atoms with Crippen LogP contribution in [0.25, 0.3) is 0 Å². The van der Waals surface area contributed by atoms with Gasteiger partial charge in [-0.3, -0.25) is 0 Å². The van der Waals surface area contributed by atoms with Crippen LogP contribution in [0.5, 0.6) is 0 Å². The zero-order valence-corrected chi connectivity index (χ0v) is 7.81. The summed E-state index contributed by atoms with van der Waals surface area (Å²) in [5.74, 6) is 0.937. The third kappa shape index (κ3) is 1.59. The lowest BCUT2D eigenvalue weighted by Gasteiger charge is -2.28. The fourth-order valence-corrected chi connectivity index (χ4v) is 1.72. The van der Waals surface area contributed by atoms with E-state index in [1.165, 1.54) is 0 Å². The van der Waals surface area contributed by atoms with Crippen LogP contribution in [-0.2, 0) is 11.8 Å². The van der Waals surface area contributed by atoms with Gasteiger partial charge in [0.2, 0.25) is 0 Å². The van der Waals surface area contributed by atoms with Crippen molar-refractivity contribution < 1.29 is 4.74 Å². The number of aromatic nitrogens is 2. The molecule has 4 heteroatoms. The van der Waals surface area contributed by atoms with Gasteiger partial charge in [-0.2, -0.15) is 0 Å². The molecule has 0 radical (unpaired) electrons. The molecule has 2 heterocycles. The number of rotatable bonds is 1. The minimum atomic E-state index is -0.0197. The van der Waals surface area contributed by atoms with Crippen LogP contribution in [0.1, 0.15) is 24.8 Å². The fraction of sp³-hybridized carbons (Fsp3) is 0.667. The Labute approximate surface area is 77.7 Å². The number of hydrogen-bond donors (Lipinski definition) is 1. The van der Waals surface area contributed by atoms with Crippen molar-refractivity contribution in [1.29, 1.82) is 0 Å². The largest absolute Gasteiger partial charge is 0.369 e. The summed E-state index contributed by atoms with van der Waals surface area (Å²) in [4.78, 5) is 4.25. The van der Waals surface area contributed by atoms with Gasteiger partial charge in [0, 0.05) is 32.1 Å². The van der Waals surface area contributed by atoms with Crippen LogP contribution in [0.2, 0.25) is 0 Å². The predicted molar refractivity (Wildman–Crippen MR) is 49.1 cm³/mol. The molecule has 72 valence electrons. The molecule has 0 aromatic carbocycles. The molecular formula is C9H15N3O. The molecule has 2 rings (SSSR count). The molecule has 0 saturated carbocycles. The third-order valence-electron chi connectivity index (χ3n) is 2.48. The zero-order chi connectivity index (χ0) is 9.26. The molecule has 0 bridgehead atoms. The Kier molecular flexibility index (Phi) is 2.33. The topological polar surface area (TPSA) is 53.1 Å². The van der Waals surface area contributed by atoms with Crippen LogP contribution in [0.4, 0.5) is 0 Å². The molecule has 2 atom stereocenters. The molecule has 0 unspecified atom stereocenters. The summed E-state index contributed by atoms with van der Waals surface area (Å²) < 4.78 is 7.58. The summed E-state index contributed by atoms with van der Waals surface area (Å²) in [7, 11) is 1.97. The lowest BCUT2D eigenvalue weighted by Crippen LogP contribution is -2.35. The smallest absolute Gasteiger partial charge is 0.139 e. The SMILES string of the molecule is Cn1ccnc1[C@@H]1OCCC[C@@H]1N. The molecule has 0 spiro atoms. The van der Waals surface area contributed by atoms with Gasteiger partial charge in [-0.1, -0.05) is 0 Å². The first-order valence-corrected chi connectivity index (χ1v) is 4.63. The lowest BCUT2D eigenvalue weighted by molar-refractivity contribution is -0.00670. The minimum absolute atomic E-state index is 0.0197. The Hall–Kier alpha value is -0.870. The maximum atomic E-state index is 5.96. The Morgan fingerprint density at radius 1 is 1.69 bits per heavy atom. The number of imidazole rings is 1. The van der Waals surface area contributed by atoms with Crippen molar-refractivity contribution in [1.82, 2.24) is 9.55 Å². The number of aryl methyl sites for hydroxylation is 1. The van der Waals surface area contributed by atoms with Gasteiger partial charge in [-0.05, 0) is 12.8 Å². The molecule has 1 aromatic heterocycles. The average Bonchev–Trinajstić information content (AvgIpc) is 2.52. The van der Waals surface area contributed by atoms with E-state index in [-0.39, 0.29) is 12.1 Å². The number of ether oxygens (including phenoxy) is 1. The first kappa shape index (κ1) is 8.72. The van der Waals surface area contributed by atoms with Crippen LogP contribution in [-0.4, -0.2) is 22.2 Å². The van der Waals surface area contributed by atoms with Crippen LogP contribution < -0.4 is 5.73 Å². The second-order valence-electron chi connectivity index (χ2n) is 3.49. The van der Waals surface area contributed by atoms with E-state index in [1.807, 2.05) is 17.8 Å². The second kappa shape index (κ2) is 3.47. The molecule has 13 heavy (non-hydrogen) atoms. The van der Waals surface area contributed by atoms with Crippen molar-refractivity contribution in [2.75, 3.05) is 6.61 Å². The maximum absolute atomic E-state index is 5.96. The van der Waals surface area contributed by atoms with Gasteiger partial charge in [-0.25, -0.2) is 4.98 Å². The molecule has 1 saturated heterocycles. The van der Waals surface area contributed by atoms with Crippen molar-refractivity contribution in [3.63, 3.8) is 0 Å². The highest BCUT2D eigenvalue weighted by Crippen LogP contribution is 2.25. The predicted octanol–water partition coefficient (Wildman–Crippen LogP) is 0.599. The Morgan fingerprint density at radius 2 is 2.54 bits per heavy atom. The Balaban J connectivity index is 2.19. The van der Waals surface area contributed by atoms with Gasteiger partial charge < -0.3 is 15.0 Å². The standard InChI is InChI=1S/C9H15N3O/c1-12-5-4-11-9(12)8-7(10)3-2-6-13-8/h4-5,7-8H,2-3,6,10H2,1H3/t7-,8+/m0/s1. The molecule has 1 aliphatic heterocycles. The summed E-state index contributed by atoms with van der Waals surface area (Å²) in [5, 5.41) is 0. The van der Waals surface area contributed by atoms with Gasteiger partial charge in [0.05, 0.1) is 0 Å². The van der Waals surface area contributed by atoms with Gasteiger partial charge in [0.25, 0.3) is 0 Å². The molecule has 1 aromatic rings. The maximum Gasteiger partial charge on any atom is 0.139 e.